The number of hydrogen-bond acceptors (Lipinski definition) is 2. The number of nitrogens with zero attached hydrogens (tertiary/aromatic N) is 1. The highest BCUT2D eigenvalue weighted by Gasteiger charge is 2.65. The summed E-state index contributed by atoms with van der Waals surface area (Å²) in [4.78, 5) is 2.72. The van der Waals surface area contributed by atoms with Gasteiger partial charge < -0.3 is 10.2 Å². The lowest BCUT2D eigenvalue weighted by Crippen LogP contribution is -2.59. The second-order valence-electron chi connectivity index (χ2n) is 9.07. The third-order valence-corrected chi connectivity index (χ3v) is 7.21. The van der Waals surface area contributed by atoms with E-state index in [1.165, 1.54) is 32.4 Å². The van der Waals surface area contributed by atoms with Gasteiger partial charge in [0.2, 0.25) is 0 Å². The molecule has 2 nitrogen and oxygen atoms in total. The SMILES string of the molecule is CC(C)N1CC2CCCC(C1)C2NC1C(C)(C)C1(C)C. The van der Waals surface area contributed by atoms with E-state index in [2.05, 4.69) is 51.8 Å². The summed E-state index contributed by atoms with van der Waals surface area (Å²) in [6.45, 7) is 17.1. The molecule has 1 N–H and O–H groups in total. The minimum Gasteiger partial charge on any atom is -0.309 e. The molecule has 1 aliphatic heterocycles. The highest BCUT2D eigenvalue weighted by atomic mass is 15.2. The molecule has 0 aromatic rings. The molecule has 0 amide bonds. The van der Waals surface area contributed by atoms with Gasteiger partial charge in [0.05, 0.1) is 0 Å². The maximum Gasteiger partial charge on any atom is 0.0184 e. The first-order valence-corrected chi connectivity index (χ1v) is 8.75. The summed E-state index contributed by atoms with van der Waals surface area (Å²) in [6.07, 6.45) is 4.33. The van der Waals surface area contributed by atoms with Crippen molar-refractivity contribution >= 4 is 0 Å². The fourth-order valence-corrected chi connectivity index (χ4v) is 4.97. The maximum absolute atomic E-state index is 4.11. The van der Waals surface area contributed by atoms with Crippen LogP contribution in [0.3, 0.4) is 0 Å². The molecule has 2 bridgehead atoms. The van der Waals surface area contributed by atoms with Gasteiger partial charge in [-0.1, -0.05) is 34.1 Å². The molecule has 2 atom stereocenters. The average molecular weight is 278 g/mol. The molecular weight excluding hydrogens is 244 g/mol. The van der Waals surface area contributed by atoms with E-state index in [1.807, 2.05) is 0 Å². The summed E-state index contributed by atoms with van der Waals surface area (Å²) < 4.78 is 0. The molecular formula is C18H34N2. The van der Waals surface area contributed by atoms with Gasteiger partial charge in [0, 0.05) is 31.2 Å². The Balaban J connectivity index is 1.69. The highest BCUT2D eigenvalue weighted by molar-refractivity contribution is 5.19. The first-order valence-electron chi connectivity index (χ1n) is 8.75. The van der Waals surface area contributed by atoms with Crippen LogP contribution in [0.2, 0.25) is 0 Å². The fraction of sp³-hybridized carbons (Fsp3) is 1.00. The lowest BCUT2D eigenvalue weighted by Gasteiger charge is -2.49. The number of nitrogens with one attached hydrogen (secondary N) is 1. The minimum atomic E-state index is 0.469. The Bertz CT molecular complexity index is 344. The molecule has 2 saturated carbocycles. The summed E-state index contributed by atoms with van der Waals surface area (Å²) >= 11 is 0. The second-order valence-corrected chi connectivity index (χ2v) is 9.07. The molecule has 1 saturated heterocycles. The normalized spacial score (nSPS) is 40.0. The molecule has 2 unspecified atom stereocenters. The molecule has 2 heteroatoms. The number of likely N-dealkylation sites (tertiary alicyclic amines) is 1. The largest absolute Gasteiger partial charge is 0.309 e. The van der Waals surface area contributed by atoms with Crippen LogP contribution < -0.4 is 5.32 Å². The van der Waals surface area contributed by atoms with Crippen molar-refractivity contribution in [1.29, 1.82) is 0 Å². The topological polar surface area (TPSA) is 15.3 Å². The summed E-state index contributed by atoms with van der Waals surface area (Å²) in [6, 6.07) is 2.21. The van der Waals surface area contributed by atoms with Gasteiger partial charge in [0.25, 0.3) is 0 Å². The van der Waals surface area contributed by atoms with E-state index < -0.39 is 0 Å². The number of hydrogen-bond donors (Lipinski definition) is 1. The standard InChI is InChI=1S/C18H34N2/c1-12(2)20-10-13-8-7-9-14(11-20)15(13)19-16-17(3,4)18(16,5)6/h12-16,19H,7-11H2,1-6H3. The van der Waals surface area contributed by atoms with Crippen molar-refractivity contribution in [2.75, 3.05) is 13.1 Å². The van der Waals surface area contributed by atoms with Crippen LogP contribution in [0.1, 0.15) is 60.8 Å². The molecule has 3 fully saturated rings. The number of rotatable bonds is 3. The molecule has 0 aromatic carbocycles. The summed E-state index contributed by atoms with van der Waals surface area (Å²) in [5, 5.41) is 4.11. The Morgan fingerprint density at radius 1 is 0.950 bits per heavy atom. The fourth-order valence-electron chi connectivity index (χ4n) is 4.97. The zero-order valence-electron chi connectivity index (χ0n) is 14.4. The van der Waals surface area contributed by atoms with E-state index in [-0.39, 0.29) is 0 Å². The third-order valence-electron chi connectivity index (χ3n) is 7.21. The molecule has 0 aromatic heterocycles. The van der Waals surface area contributed by atoms with E-state index >= 15 is 0 Å². The van der Waals surface area contributed by atoms with Crippen molar-refractivity contribution < 1.29 is 0 Å². The minimum absolute atomic E-state index is 0.469. The van der Waals surface area contributed by atoms with Crippen molar-refractivity contribution in [2.24, 2.45) is 22.7 Å². The van der Waals surface area contributed by atoms with Crippen molar-refractivity contribution in [2.45, 2.75) is 78.9 Å². The molecule has 3 rings (SSSR count). The highest BCUT2D eigenvalue weighted by Crippen LogP contribution is 2.63. The Labute approximate surface area is 125 Å². The Morgan fingerprint density at radius 3 is 1.85 bits per heavy atom. The van der Waals surface area contributed by atoms with Crippen LogP contribution in [0.5, 0.6) is 0 Å². The molecule has 1 heterocycles. The summed E-state index contributed by atoms with van der Waals surface area (Å²) in [5.41, 5.74) is 0.937. The van der Waals surface area contributed by atoms with E-state index in [4.69, 9.17) is 0 Å². The molecule has 0 spiro atoms. The molecule has 3 aliphatic rings. The Hall–Kier alpha value is -0.0800. The lowest BCUT2D eigenvalue weighted by molar-refractivity contribution is 0.0270. The van der Waals surface area contributed by atoms with Gasteiger partial charge in [-0.25, -0.2) is 0 Å². The first-order chi connectivity index (χ1) is 9.25. The van der Waals surface area contributed by atoms with Crippen molar-refractivity contribution in [3.05, 3.63) is 0 Å². The van der Waals surface area contributed by atoms with Crippen LogP contribution in [-0.2, 0) is 0 Å². The maximum atomic E-state index is 4.11. The van der Waals surface area contributed by atoms with Gasteiger partial charge in [-0.05, 0) is 49.4 Å². The van der Waals surface area contributed by atoms with Crippen LogP contribution in [0, 0.1) is 22.7 Å². The third kappa shape index (κ3) is 2.14. The number of piperidine rings is 1. The molecule has 116 valence electrons. The zero-order valence-corrected chi connectivity index (χ0v) is 14.4. The molecule has 20 heavy (non-hydrogen) atoms. The zero-order chi connectivity index (χ0) is 14.7. The van der Waals surface area contributed by atoms with Crippen LogP contribution in [0.25, 0.3) is 0 Å². The second kappa shape index (κ2) is 4.71. The summed E-state index contributed by atoms with van der Waals surface area (Å²) in [5.74, 6) is 1.77. The van der Waals surface area contributed by atoms with Crippen molar-refractivity contribution in [3.8, 4) is 0 Å². The van der Waals surface area contributed by atoms with E-state index in [0.717, 1.165) is 17.9 Å². The van der Waals surface area contributed by atoms with Crippen LogP contribution in [0.15, 0.2) is 0 Å². The van der Waals surface area contributed by atoms with Crippen LogP contribution >= 0.6 is 0 Å². The smallest absolute Gasteiger partial charge is 0.0184 e. The van der Waals surface area contributed by atoms with Crippen LogP contribution in [0.4, 0.5) is 0 Å². The van der Waals surface area contributed by atoms with E-state index in [9.17, 15) is 0 Å². The monoisotopic (exact) mass is 278 g/mol. The van der Waals surface area contributed by atoms with E-state index in [1.54, 1.807) is 0 Å². The Kier molecular flexibility index (Phi) is 3.49. The van der Waals surface area contributed by atoms with Gasteiger partial charge in [0.1, 0.15) is 0 Å². The number of fused-ring (bicyclic) bond motifs is 2. The average Bonchev–Trinajstić information content (AvgIpc) is 2.70. The van der Waals surface area contributed by atoms with Gasteiger partial charge in [-0.15, -0.1) is 0 Å². The Morgan fingerprint density at radius 2 is 1.45 bits per heavy atom. The van der Waals surface area contributed by atoms with Gasteiger partial charge in [-0.2, -0.15) is 0 Å². The molecule has 2 aliphatic carbocycles. The van der Waals surface area contributed by atoms with Gasteiger partial charge in [0.15, 0.2) is 0 Å². The van der Waals surface area contributed by atoms with E-state index in [0.29, 0.717) is 22.9 Å². The quantitative estimate of drug-likeness (QED) is 0.850. The van der Waals surface area contributed by atoms with Crippen molar-refractivity contribution in [1.82, 2.24) is 10.2 Å². The predicted molar refractivity (Wildman–Crippen MR) is 85.8 cm³/mol. The van der Waals surface area contributed by atoms with Gasteiger partial charge >= 0.3 is 0 Å². The predicted octanol–water partition coefficient (Wildman–Crippen LogP) is 3.52. The van der Waals surface area contributed by atoms with Crippen molar-refractivity contribution in [3.63, 3.8) is 0 Å². The first kappa shape index (κ1) is 14.8. The lowest BCUT2D eigenvalue weighted by atomic mass is 9.73. The van der Waals surface area contributed by atoms with Crippen LogP contribution in [-0.4, -0.2) is 36.1 Å². The summed E-state index contributed by atoms with van der Waals surface area (Å²) in [7, 11) is 0. The van der Waals surface area contributed by atoms with Gasteiger partial charge in [-0.3, -0.25) is 0 Å². The molecule has 0 radical (unpaired) electrons.